The van der Waals surface area contributed by atoms with Gasteiger partial charge in [0.25, 0.3) is 0 Å². The second-order valence-electron chi connectivity index (χ2n) is 3.13. The molecule has 0 aliphatic rings. The molecule has 0 rings (SSSR count). The number of urea groups is 1. The van der Waals surface area contributed by atoms with E-state index in [2.05, 4.69) is 18.4 Å². The van der Waals surface area contributed by atoms with E-state index in [-0.39, 0.29) is 0 Å². The van der Waals surface area contributed by atoms with Crippen molar-refractivity contribution in [2.24, 2.45) is 11.5 Å². The highest BCUT2D eigenvalue weighted by Crippen LogP contribution is 2.17. The summed E-state index contributed by atoms with van der Waals surface area (Å²) in [6, 6.07) is 0.0858. The van der Waals surface area contributed by atoms with Crippen LogP contribution in [0.5, 0.6) is 0 Å². The van der Waals surface area contributed by atoms with Crippen molar-refractivity contribution in [1.82, 2.24) is 0 Å². The van der Waals surface area contributed by atoms with E-state index in [1.807, 2.05) is 20.8 Å². The van der Waals surface area contributed by atoms with Crippen molar-refractivity contribution >= 4 is 14.8 Å². The molecule has 0 unspecified atom stereocenters. The first-order chi connectivity index (χ1) is 7.97. The first kappa shape index (κ1) is 18.7. The molecule has 6 nitrogen and oxygen atoms in total. The molecule has 0 aromatic heterocycles. The predicted octanol–water partition coefficient (Wildman–Crippen LogP) is 1.47. The highest BCUT2D eigenvalue weighted by Gasteiger charge is 2.38. The second-order valence-corrected chi connectivity index (χ2v) is 5.87. The molecule has 0 heterocycles. The van der Waals surface area contributed by atoms with Crippen LogP contribution in [0.4, 0.5) is 4.79 Å². The van der Waals surface area contributed by atoms with E-state index in [9.17, 15) is 0 Å². The lowest BCUT2D eigenvalue weighted by atomic mass is 10.6. The third-order valence-corrected chi connectivity index (χ3v) is 4.95. The molecule has 0 spiro atoms. The van der Waals surface area contributed by atoms with Crippen molar-refractivity contribution in [2.45, 2.75) is 40.2 Å². The Kier molecular flexibility index (Phi) is 13.0. The Bertz CT molecular complexity index is 160. The van der Waals surface area contributed by atoms with Crippen molar-refractivity contribution in [3.63, 3.8) is 0 Å². The summed E-state index contributed by atoms with van der Waals surface area (Å²) in [4.78, 5) is 9.00. The molecule has 0 radical (unpaired) electrons. The van der Waals surface area contributed by atoms with E-state index in [4.69, 9.17) is 18.1 Å². The van der Waals surface area contributed by atoms with Crippen LogP contribution in [-0.4, -0.2) is 34.7 Å². The second kappa shape index (κ2) is 11.8. The van der Waals surface area contributed by atoms with Crippen LogP contribution >= 0.6 is 0 Å². The Morgan fingerprint density at radius 3 is 1.41 bits per heavy atom. The molecule has 0 saturated carbocycles. The molecule has 0 bridgehead atoms. The molecule has 4 N–H and O–H groups in total. The maximum atomic E-state index is 9.00. The quantitative estimate of drug-likeness (QED) is 0.650. The molecule has 0 saturated heterocycles. The van der Waals surface area contributed by atoms with Crippen molar-refractivity contribution < 1.29 is 18.1 Å². The van der Waals surface area contributed by atoms with Gasteiger partial charge in [0.15, 0.2) is 0 Å². The van der Waals surface area contributed by atoms with Crippen LogP contribution in [0.15, 0.2) is 0 Å². The summed E-state index contributed by atoms with van der Waals surface area (Å²) in [6.07, 6.45) is 1.05. The fraction of sp³-hybridized carbons (Fsp3) is 0.900. The molecule has 104 valence electrons. The lowest BCUT2D eigenvalue weighted by Gasteiger charge is -2.27. The van der Waals surface area contributed by atoms with E-state index in [1.54, 1.807) is 0 Å². The smallest absolute Gasteiger partial charge is 0.374 e. The summed E-state index contributed by atoms with van der Waals surface area (Å²) in [5.74, 6) is 0. The van der Waals surface area contributed by atoms with Gasteiger partial charge in [0, 0.05) is 25.9 Å². The lowest BCUT2D eigenvalue weighted by Crippen LogP contribution is -2.45. The van der Waals surface area contributed by atoms with Gasteiger partial charge in [-0.15, -0.1) is 0 Å². The number of nitrogens with two attached hydrogens (primary N) is 2. The number of carbonyl (C=O) groups is 1. The van der Waals surface area contributed by atoms with E-state index >= 15 is 0 Å². The van der Waals surface area contributed by atoms with Crippen molar-refractivity contribution in [1.29, 1.82) is 0 Å². The van der Waals surface area contributed by atoms with Crippen molar-refractivity contribution in [3.05, 3.63) is 0 Å². The molecular weight excluding hydrogens is 240 g/mol. The maximum absolute atomic E-state index is 9.00. The number of primary amides is 2. The fourth-order valence-corrected chi connectivity index (χ4v) is 3.92. The standard InChI is InChI=1S/C9H22O3Si.CH4N2O/c1-5-9-13(10-6-2,11-7-3)12-8-4;2-1(3)4/h5-9H2,1-4H3;(H4,2,3,4). The summed E-state index contributed by atoms with van der Waals surface area (Å²) in [7, 11) is -2.30. The zero-order valence-corrected chi connectivity index (χ0v) is 12.3. The number of amides is 2. The van der Waals surface area contributed by atoms with Gasteiger partial charge in [0.1, 0.15) is 0 Å². The molecule has 2 amide bonds. The number of rotatable bonds is 8. The lowest BCUT2D eigenvalue weighted by molar-refractivity contribution is 0.0711. The third kappa shape index (κ3) is 11.6. The molecule has 0 aliphatic heterocycles. The van der Waals surface area contributed by atoms with Crippen LogP contribution in [0.25, 0.3) is 0 Å². The van der Waals surface area contributed by atoms with Gasteiger partial charge in [-0.1, -0.05) is 13.3 Å². The van der Waals surface area contributed by atoms with Crippen LogP contribution in [0.1, 0.15) is 34.1 Å². The van der Waals surface area contributed by atoms with Crippen LogP contribution in [0.2, 0.25) is 6.04 Å². The van der Waals surface area contributed by atoms with Gasteiger partial charge < -0.3 is 24.7 Å². The van der Waals surface area contributed by atoms with Crippen LogP contribution in [0, 0.1) is 0 Å². The topological polar surface area (TPSA) is 96.8 Å². The highest BCUT2D eigenvalue weighted by atomic mass is 28.4. The zero-order chi connectivity index (χ0) is 13.7. The van der Waals surface area contributed by atoms with Gasteiger partial charge in [-0.25, -0.2) is 4.79 Å². The molecule has 17 heavy (non-hydrogen) atoms. The summed E-state index contributed by atoms with van der Waals surface area (Å²) >= 11 is 0. The van der Waals surface area contributed by atoms with Gasteiger partial charge in [-0.05, 0) is 20.8 Å². The molecule has 0 aliphatic carbocycles. The molecular formula is C10H26N2O4Si. The molecule has 0 fully saturated rings. The summed E-state index contributed by atoms with van der Waals surface area (Å²) in [6.45, 7) is 10.1. The Morgan fingerprint density at radius 2 is 1.24 bits per heavy atom. The fourth-order valence-electron chi connectivity index (χ4n) is 1.31. The molecule has 7 heteroatoms. The van der Waals surface area contributed by atoms with Gasteiger partial charge in [0.05, 0.1) is 0 Å². The van der Waals surface area contributed by atoms with E-state index < -0.39 is 14.8 Å². The van der Waals surface area contributed by atoms with E-state index in [0.29, 0.717) is 19.8 Å². The normalized spacial score (nSPS) is 10.6. The monoisotopic (exact) mass is 266 g/mol. The average Bonchev–Trinajstić information content (AvgIpc) is 2.18. The van der Waals surface area contributed by atoms with Crippen LogP contribution in [0.3, 0.4) is 0 Å². The van der Waals surface area contributed by atoms with Crippen molar-refractivity contribution in [2.75, 3.05) is 19.8 Å². The van der Waals surface area contributed by atoms with Gasteiger partial charge in [-0.2, -0.15) is 0 Å². The molecule has 0 aromatic rings. The Labute approximate surface area is 105 Å². The van der Waals surface area contributed by atoms with Crippen molar-refractivity contribution in [3.8, 4) is 0 Å². The maximum Gasteiger partial charge on any atom is 0.500 e. The molecule has 0 atom stereocenters. The number of hydrogen-bond acceptors (Lipinski definition) is 4. The van der Waals surface area contributed by atoms with Gasteiger partial charge in [-0.3, -0.25) is 0 Å². The first-order valence-electron chi connectivity index (χ1n) is 5.94. The average molecular weight is 266 g/mol. The summed E-state index contributed by atoms with van der Waals surface area (Å²) in [5, 5.41) is 0. The Balaban J connectivity index is 0. The summed E-state index contributed by atoms with van der Waals surface area (Å²) in [5.41, 5.74) is 8.50. The zero-order valence-electron chi connectivity index (χ0n) is 11.3. The predicted molar refractivity (Wildman–Crippen MR) is 69.5 cm³/mol. The molecule has 0 aromatic carbocycles. The third-order valence-electron chi connectivity index (χ3n) is 1.65. The van der Waals surface area contributed by atoms with Crippen LogP contribution in [-0.2, 0) is 13.3 Å². The van der Waals surface area contributed by atoms with Gasteiger partial charge >= 0.3 is 14.8 Å². The summed E-state index contributed by atoms with van der Waals surface area (Å²) < 4.78 is 16.9. The van der Waals surface area contributed by atoms with Crippen LogP contribution < -0.4 is 11.5 Å². The SMILES string of the molecule is CCC[Si](OCC)(OCC)OCC.NC(N)=O. The van der Waals surface area contributed by atoms with E-state index in [1.165, 1.54) is 0 Å². The minimum absolute atomic E-state index is 0.673. The largest absolute Gasteiger partial charge is 0.500 e. The highest BCUT2D eigenvalue weighted by molar-refractivity contribution is 6.60. The van der Waals surface area contributed by atoms with Gasteiger partial charge in [0.2, 0.25) is 0 Å². The minimum Gasteiger partial charge on any atom is -0.374 e. The number of carbonyl (C=O) groups excluding carboxylic acids is 1. The minimum atomic E-state index is -2.30. The number of hydrogen-bond donors (Lipinski definition) is 2. The van der Waals surface area contributed by atoms with E-state index in [0.717, 1.165) is 12.5 Å². The first-order valence-corrected chi connectivity index (χ1v) is 7.87. The Hall–Kier alpha value is -0.633. The Morgan fingerprint density at radius 1 is 0.941 bits per heavy atom.